The molecule has 128 valence electrons. The summed E-state index contributed by atoms with van der Waals surface area (Å²) in [5.74, 6) is -2.80. The Morgan fingerprint density at radius 1 is 1.33 bits per heavy atom. The zero-order valence-corrected chi connectivity index (χ0v) is 13.1. The maximum absolute atomic E-state index is 13.7. The Balaban J connectivity index is 1.99. The number of halogens is 2. The smallest absolute Gasteiger partial charge is 0.328 e. The highest BCUT2D eigenvalue weighted by Gasteiger charge is 2.28. The van der Waals surface area contributed by atoms with Gasteiger partial charge in [0.1, 0.15) is 17.2 Å². The van der Waals surface area contributed by atoms with Crippen molar-refractivity contribution in [3.05, 3.63) is 41.9 Å². The van der Waals surface area contributed by atoms with Crippen LogP contribution in [0.3, 0.4) is 0 Å². The molecule has 0 saturated heterocycles. The summed E-state index contributed by atoms with van der Waals surface area (Å²) in [5.41, 5.74) is -1.32. The van der Waals surface area contributed by atoms with Crippen molar-refractivity contribution >= 4 is 11.9 Å². The number of carboxylic acid groups (broad SMARTS) is 1. The minimum atomic E-state index is -1.38. The summed E-state index contributed by atoms with van der Waals surface area (Å²) in [7, 11) is 0. The molecule has 0 radical (unpaired) electrons. The van der Waals surface area contributed by atoms with E-state index < -0.39 is 29.0 Å². The van der Waals surface area contributed by atoms with E-state index in [1.54, 1.807) is 0 Å². The molecule has 1 heterocycles. The molecule has 0 aliphatic heterocycles. The van der Waals surface area contributed by atoms with Crippen molar-refractivity contribution in [1.82, 2.24) is 10.3 Å². The number of oxazole rings is 1. The first-order valence-electron chi connectivity index (χ1n) is 7.13. The molecular weight excluding hydrogens is 322 g/mol. The zero-order chi connectivity index (χ0) is 17.9. The molecule has 0 spiro atoms. The average molecular weight is 338 g/mol. The highest BCUT2D eigenvalue weighted by molar-refractivity contribution is 5.86. The van der Waals surface area contributed by atoms with Gasteiger partial charge in [-0.25, -0.2) is 18.6 Å². The minimum absolute atomic E-state index is 0.0391. The monoisotopic (exact) mass is 338 g/mol. The number of hydrogen-bond acceptors (Lipinski definition) is 4. The second-order valence-electron chi connectivity index (χ2n) is 5.72. The number of aliphatic carboxylic acids is 1. The van der Waals surface area contributed by atoms with Crippen molar-refractivity contribution < 1.29 is 27.9 Å². The molecule has 0 saturated carbocycles. The van der Waals surface area contributed by atoms with Crippen LogP contribution in [0.25, 0.3) is 11.3 Å². The largest absolute Gasteiger partial charge is 0.480 e. The molecule has 1 aromatic heterocycles. The van der Waals surface area contributed by atoms with Crippen LogP contribution in [-0.2, 0) is 16.0 Å². The lowest BCUT2D eigenvalue weighted by Gasteiger charge is -2.20. The van der Waals surface area contributed by atoms with Crippen LogP contribution in [0.2, 0.25) is 0 Å². The van der Waals surface area contributed by atoms with Gasteiger partial charge in [0.2, 0.25) is 5.91 Å². The minimum Gasteiger partial charge on any atom is -0.480 e. The van der Waals surface area contributed by atoms with Gasteiger partial charge < -0.3 is 14.8 Å². The number of carboxylic acids is 1. The van der Waals surface area contributed by atoms with Crippen LogP contribution >= 0.6 is 0 Å². The van der Waals surface area contributed by atoms with E-state index in [-0.39, 0.29) is 30.1 Å². The number of nitrogens with zero attached hydrogens (tertiary/aromatic N) is 1. The molecule has 0 aliphatic rings. The van der Waals surface area contributed by atoms with Gasteiger partial charge in [-0.3, -0.25) is 4.79 Å². The van der Waals surface area contributed by atoms with E-state index in [4.69, 9.17) is 9.52 Å². The summed E-state index contributed by atoms with van der Waals surface area (Å²) in [5, 5.41) is 11.3. The van der Waals surface area contributed by atoms with E-state index in [0.29, 0.717) is 0 Å². The van der Waals surface area contributed by atoms with Crippen LogP contribution in [0.1, 0.15) is 26.2 Å². The van der Waals surface area contributed by atoms with Gasteiger partial charge in [0, 0.05) is 18.9 Å². The predicted octanol–water partition coefficient (Wildman–Crippen LogP) is 2.53. The highest BCUT2D eigenvalue weighted by Crippen LogP contribution is 2.24. The highest BCUT2D eigenvalue weighted by atomic mass is 19.1. The van der Waals surface area contributed by atoms with Crippen LogP contribution in [0.4, 0.5) is 8.78 Å². The number of aromatic nitrogens is 1. The van der Waals surface area contributed by atoms with Gasteiger partial charge in [-0.05, 0) is 26.0 Å². The Morgan fingerprint density at radius 3 is 2.67 bits per heavy atom. The van der Waals surface area contributed by atoms with Gasteiger partial charge in [-0.2, -0.15) is 0 Å². The molecule has 24 heavy (non-hydrogen) atoms. The Morgan fingerprint density at radius 2 is 2.04 bits per heavy atom. The van der Waals surface area contributed by atoms with Gasteiger partial charge in [0.15, 0.2) is 11.7 Å². The van der Waals surface area contributed by atoms with Crippen molar-refractivity contribution in [3.8, 4) is 11.3 Å². The molecule has 0 atom stereocenters. The maximum Gasteiger partial charge on any atom is 0.328 e. The van der Waals surface area contributed by atoms with E-state index in [1.165, 1.54) is 26.1 Å². The first-order chi connectivity index (χ1) is 11.2. The van der Waals surface area contributed by atoms with Crippen LogP contribution < -0.4 is 5.32 Å². The number of nitrogens with one attached hydrogen (secondary N) is 1. The first kappa shape index (κ1) is 17.6. The Labute approximate surface area is 136 Å². The summed E-state index contributed by atoms with van der Waals surface area (Å²) in [4.78, 5) is 26.6. The molecule has 2 N–H and O–H groups in total. The third-order valence-electron chi connectivity index (χ3n) is 3.30. The summed E-state index contributed by atoms with van der Waals surface area (Å²) >= 11 is 0. The van der Waals surface area contributed by atoms with Crippen molar-refractivity contribution in [1.29, 1.82) is 0 Å². The number of amides is 1. The summed E-state index contributed by atoms with van der Waals surface area (Å²) < 4.78 is 31.9. The number of hydrogen-bond donors (Lipinski definition) is 2. The van der Waals surface area contributed by atoms with E-state index in [1.807, 2.05) is 0 Å². The molecule has 0 unspecified atom stereocenters. The maximum atomic E-state index is 13.7. The molecule has 1 amide bonds. The quantitative estimate of drug-likeness (QED) is 0.844. The molecule has 6 nitrogen and oxygen atoms in total. The Kier molecular flexibility index (Phi) is 4.96. The van der Waals surface area contributed by atoms with Crippen molar-refractivity contribution in [2.45, 2.75) is 32.2 Å². The molecule has 0 aliphatic carbocycles. The fraction of sp³-hybridized carbons (Fsp3) is 0.312. The van der Waals surface area contributed by atoms with Crippen LogP contribution in [-0.4, -0.2) is 27.5 Å². The van der Waals surface area contributed by atoms with Gasteiger partial charge in [0.05, 0.1) is 11.8 Å². The first-order valence-corrected chi connectivity index (χ1v) is 7.13. The van der Waals surface area contributed by atoms with E-state index in [9.17, 15) is 18.4 Å². The lowest BCUT2D eigenvalue weighted by molar-refractivity contribution is -0.146. The van der Waals surface area contributed by atoms with Crippen LogP contribution in [0, 0.1) is 11.6 Å². The number of rotatable bonds is 6. The number of benzene rings is 1. The predicted molar refractivity (Wildman–Crippen MR) is 80.0 cm³/mol. The SMILES string of the molecule is CC(C)(NC(=O)CCc1ncc(-c2ccc(F)cc2F)o1)C(=O)O. The van der Waals surface area contributed by atoms with Crippen molar-refractivity contribution in [2.75, 3.05) is 0 Å². The standard InChI is InChI=1S/C16H16F2N2O4/c1-16(2,15(22)23)20-13(21)5-6-14-19-8-12(24-14)10-4-3-9(17)7-11(10)18/h3-4,7-8H,5-6H2,1-2H3,(H,20,21)(H,22,23). The molecule has 2 aromatic rings. The molecule has 2 rings (SSSR count). The normalized spacial score (nSPS) is 11.3. The molecule has 1 aromatic carbocycles. The topological polar surface area (TPSA) is 92.4 Å². The van der Waals surface area contributed by atoms with E-state index >= 15 is 0 Å². The summed E-state index contributed by atoms with van der Waals surface area (Å²) in [6, 6.07) is 3.07. The molecule has 0 bridgehead atoms. The van der Waals surface area contributed by atoms with Gasteiger partial charge >= 0.3 is 5.97 Å². The lowest BCUT2D eigenvalue weighted by atomic mass is 10.1. The van der Waals surface area contributed by atoms with Gasteiger partial charge in [-0.15, -0.1) is 0 Å². The summed E-state index contributed by atoms with van der Waals surface area (Å²) in [6.07, 6.45) is 1.36. The zero-order valence-electron chi connectivity index (χ0n) is 13.1. The second-order valence-corrected chi connectivity index (χ2v) is 5.72. The van der Waals surface area contributed by atoms with E-state index in [2.05, 4.69) is 10.3 Å². The second kappa shape index (κ2) is 6.77. The van der Waals surface area contributed by atoms with Crippen molar-refractivity contribution in [3.63, 3.8) is 0 Å². The van der Waals surface area contributed by atoms with Gasteiger partial charge in [0.25, 0.3) is 0 Å². The fourth-order valence-corrected chi connectivity index (χ4v) is 1.92. The molecular formula is C16H16F2N2O4. The van der Waals surface area contributed by atoms with Crippen LogP contribution in [0.5, 0.6) is 0 Å². The third-order valence-corrected chi connectivity index (χ3v) is 3.30. The van der Waals surface area contributed by atoms with Gasteiger partial charge in [-0.1, -0.05) is 0 Å². The number of carbonyl (C=O) groups excluding carboxylic acids is 1. The average Bonchev–Trinajstić information content (AvgIpc) is 2.93. The Hall–Kier alpha value is -2.77. The molecule has 8 heteroatoms. The molecule has 0 fully saturated rings. The van der Waals surface area contributed by atoms with Crippen molar-refractivity contribution in [2.24, 2.45) is 0 Å². The van der Waals surface area contributed by atoms with E-state index in [0.717, 1.165) is 12.1 Å². The Bertz CT molecular complexity index is 771. The fourth-order valence-electron chi connectivity index (χ4n) is 1.92. The number of aryl methyl sites for hydroxylation is 1. The summed E-state index contributed by atoms with van der Waals surface area (Å²) in [6.45, 7) is 2.74. The lowest BCUT2D eigenvalue weighted by Crippen LogP contribution is -2.49. The van der Waals surface area contributed by atoms with Crippen LogP contribution in [0.15, 0.2) is 28.8 Å². The third kappa shape index (κ3) is 4.15. The number of carbonyl (C=O) groups is 2.